The zero-order valence-corrected chi connectivity index (χ0v) is 21.2. The van der Waals surface area contributed by atoms with Gasteiger partial charge in [-0.1, -0.05) is 30.3 Å². The van der Waals surface area contributed by atoms with E-state index in [1.165, 1.54) is 12.8 Å². The third kappa shape index (κ3) is 4.64. The molecule has 0 aliphatic carbocycles. The largest absolute Gasteiger partial charge is 0.341 e. The highest BCUT2D eigenvalue weighted by atomic mass is 35.5. The standard InChI is InChI=1S/C28H28N8.ClH/c1-3-21(29-11-1)27-33-16-26(36-27)18-7-5-17(6-8-18)24-14-32-25(15-31-24)19-9-10-20-23(13-19)35-28(34-20)22-4-2-12-30-22;/h5-10,13-16,21-22,29-30H,1-4,11-12H2,(H,33,36)(H,34,35);1H/t21-,22-;/m0./s1. The highest BCUT2D eigenvalue weighted by Crippen LogP contribution is 2.28. The molecule has 7 rings (SSSR count). The van der Waals surface area contributed by atoms with Crippen LogP contribution in [0.15, 0.2) is 61.1 Å². The number of H-pyrrole nitrogens is 2. The first-order valence-electron chi connectivity index (χ1n) is 12.7. The maximum atomic E-state index is 4.83. The van der Waals surface area contributed by atoms with Gasteiger partial charge in [0.1, 0.15) is 11.6 Å². The normalized spacial score (nSPS) is 19.4. The number of hydrogen-bond donors (Lipinski definition) is 4. The zero-order chi connectivity index (χ0) is 23.9. The molecule has 0 bridgehead atoms. The van der Waals surface area contributed by atoms with Crippen LogP contribution in [0, 0.1) is 0 Å². The first kappa shape index (κ1) is 23.8. The number of aromatic nitrogens is 6. The molecule has 0 unspecified atom stereocenters. The lowest BCUT2D eigenvalue weighted by atomic mass is 10.1. The van der Waals surface area contributed by atoms with Gasteiger partial charge in [0.15, 0.2) is 0 Å². The molecule has 37 heavy (non-hydrogen) atoms. The fourth-order valence-corrected chi connectivity index (χ4v) is 5.29. The van der Waals surface area contributed by atoms with Crippen molar-refractivity contribution < 1.29 is 0 Å². The van der Waals surface area contributed by atoms with Crippen LogP contribution in [0.25, 0.3) is 44.8 Å². The maximum absolute atomic E-state index is 4.83. The highest BCUT2D eigenvalue weighted by molar-refractivity contribution is 5.85. The average molecular weight is 513 g/mol. The van der Waals surface area contributed by atoms with E-state index in [4.69, 9.17) is 15.0 Å². The minimum atomic E-state index is 0. The Morgan fingerprint density at radius 1 is 0.649 bits per heavy atom. The van der Waals surface area contributed by atoms with Gasteiger partial charge in [-0.3, -0.25) is 9.97 Å². The Morgan fingerprint density at radius 3 is 1.97 bits per heavy atom. The molecule has 8 nitrogen and oxygen atoms in total. The number of fused-ring (bicyclic) bond motifs is 1. The summed E-state index contributed by atoms with van der Waals surface area (Å²) < 4.78 is 0. The van der Waals surface area contributed by atoms with Gasteiger partial charge in [-0.25, -0.2) is 9.97 Å². The van der Waals surface area contributed by atoms with Crippen LogP contribution in [-0.2, 0) is 0 Å². The molecular formula is C28H29ClN8. The molecule has 0 spiro atoms. The van der Waals surface area contributed by atoms with E-state index >= 15 is 0 Å². The summed E-state index contributed by atoms with van der Waals surface area (Å²) >= 11 is 0. The van der Waals surface area contributed by atoms with Gasteiger partial charge >= 0.3 is 0 Å². The topological polar surface area (TPSA) is 107 Å². The van der Waals surface area contributed by atoms with Gasteiger partial charge in [-0.15, -0.1) is 12.4 Å². The first-order valence-corrected chi connectivity index (χ1v) is 12.7. The SMILES string of the molecule is Cl.c1cc(-c2cnc([C@@H]3CCCN3)[nH]2)ccc1-c1cnc(-c2ccc3[nH]c([C@@H]4CCCN4)nc3c2)cn1. The second-order valence-electron chi connectivity index (χ2n) is 9.70. The molecule has 4 N–H and O–H groups in total. The van der Waals surface area contributed by atoms with Crippen LogP contribution in [0.1, 0.15) is 49.4 Å². The number of halogens is 1. The number of nitrogens with one attached hydrogen (secondary N) is 4. The van der Waals surface area contributed by atoms with E-state index in [0.29, 0.717) is 12.1 Å². The van der Waals surface area contributed by atoms with E-state index in [2.05, 4.69) is 68.1 Å². The average Bonchev–Trinajstić information content (AvgIpc) is 3.75. The molecule has 9 heteroatoms. The lowest BCUT2D eigenvalue weighted by molar-refractivity contribution is 0.613. The van der Waals surface area contributed by atoms with Crippen LogP contribution in [0.3, 0.4) is 0 Å². The van der Waals surface area contributed by atoms with E-state index < -0.39 is 0 Å². The Labute approximate surface area is 221 Å². The summed E-state index contributed by atoms with van der Waals surface area (Å²) in [7, 11) is 0. The highest BCUT2D eigenvalue weighted by Gasteiger charge is 2.20. The molecule has 188 valence electrons. The van der Waals surface area contributed by atoms with E-state index in [0.717, 1.165) is 82.4 Å². The Kier molecular flexibility index (Phi) is 6.46. The molecule has 2 atom stereocenters. The van der Waals surface area contributed by atoms with Crippen LogP contribution in [0.4, 0.5) is 0 Å². The molecule has 0 radical (unpaired) electrons. The van der Waals surface area contributed by atoms with E-state index in [-0.39, 0.29) is 12.4 Å². The Bertz CT molecular complexity index is 1490. The molecule has 2 aliphatic rings. The van der Waals surface area contributed by atoms with Crippen LogP contribution < -0.4 is 10.6 Å². The predicted octanol–water partition coefficient (Wildman–Crippen LogP) is 5.35. The van der Waals surface area contributed by atoms with Gasteiger partial charge < -0.3 is 20.6 Å². The number of imidazole rings is 2. The van der Waals surface area contributed by atoms with Crippen molar-refractivity contribution in [2.24, 2.45) is 0 Å². The zero-order valence-electron chi connectivity index (χ0n) is 20.4. The number of aromatic amines is 2. The number of benzene rings is 2. The molecule has 0 saturated carbocycles. The van der Waals surface area contributed by atoms with Crippen molar-refractivity contribution in [3.63, 3.8) is 0 Å². The third-order valence-corrected chi connectivity index (χ3v) is 7.32. The number of rotatable bonds is 5. The summed E-state index contributed by atoms with van der Waals surface area (Å²) in [6.45, 7) is 2.12. The van der Waals surface area contributed by atoms with Crippen molar-refractivity contribution in [2.75, 3.05) is 13.1 Å². The summed E-state index contributed by atoms with van der Waals surface area (Å²) in [4.78, 5) is 25.8. The fraction of sp³-hybridized carbons (Fsp3) is 0.286. The van der Waals surface area contributed by atoms with Gasteiger partial charge in [0, 0.05) is 11.1 Å². The summed E-state index contributed by atoms with van der Waals surface area (Å²) in [5.41, 5.74) is 7.89. The quantitative estimate of drug-likeness (QED) is 0.253. The molecule has 5 heterocycles. The third-order valence-electron chi connectivity index (χ3n) is 7.32. The van der Waals surface area contributed by atoms with Gasteiger partial charge in [-0.2, -0.15) is 0 Å². The van der Waals surface area contributed by atoms with Gasteiger partial charge in [0.2, 0.25) is 0 Å². The van der Waals surface area contributed by atoms with Crippen molar-refractivity contribution in [3.8, 4) is 33.8 Å². The summed E-state index contributed by atoms with van der Waals surface area (Å²) in [5.74, 6) is 2.04. The van der Waals surface area contributed by atoms with E-state index in [9.17, 15) is 0 Å². The first-order chi connectivity index (χ1) is 17.8. The smallest absolute Gasteiger partial charge is 0.124 e. The van der Waals surface area contributed by atoms with Crippen LogP contribution in [0.5, 0.6) is 0 Å². The fourth-order valence-electron chi connectivity index (χ4n) is 5.29. The monoisotopic (exact) mass is 512 g/mol. The molecule has 3 aromatic heterocycles. The molecule has 2 aliphatic heterocycles. The maximum Gasteiger partial charge on any atom is 0.124 e. The minimum Gasteiger partial charge on any atom is -0.341 e. The van der Waals surface area contributed by atoms with Crippen molar-refractivity contribution >= 4 is 23.4 Å². The molecule has 2 aromatic carbocycles. The molecule has 5 aromatic rings. The summed E-state index contributed by atoms with van der Waals surface area (Å²) in [6, 6.07) is 15.3. The molecule has 0 amide bonds. The molecule has 2 saturated heterocycles. The second kappa shape index (κ2) is 10.0. The Balaban J connectivity index is 0.00000252. The predicted molar refractivity (Wildman–Crippen MR) is 147 cm³/mol. The second-order valence-corrected chi connectivity index (χ2v) is 9.70. The van der Waals surface area contributed by atoms with Crippen LogP contribution >= 0.6 is 12.4 Å². The summed E-state index contributed by atoms with van der Waals surface area (Å²) in [6.07, 6.45) is 10.3. The van der Waals surface area contributed by atoms with Crippen molar-refractivity contribution in [3.05, 3.63) is 72.7 Å². The van der Waals surface area contributed by atoms with Crippen LogP contribution in [-0.4, -0.2) is 43.0 Å². The van der Waals surface area contributed by atoms with Crippen molar-refractivity contribution in [2.45, 2.75) is 37.8 Å². The Morgan fingerprint density at radius 2 is 1.30 bits per heavy atom. The van der Waals surface area contributed by atoms with Crippen LogP contribution in [0.2, 0.25) is 0 Å². The van der Waals surface area contributed by atoms with Gasteiger partial charge in [0.05, 0.1) is 58.8 Å². The van der Waals surface area contributed by atoms with Gasteiger partial charge in [-0.05, 0) is 56.5 Å². The Hall–Kier alpha value is -3.59. The van der Waals surface area contributed by atoms with E-state index in [1.54, 1.807) is 0 Å². The van der Waals surface area contributed by atoms with E-state index in [1.807, 2.05) is 18.6 Å². The summed E-state index contributed by atoms with van der Waals surface area (Å²) in [5, 5.41) is 6.99. The number of hydrogen-bond acceptors (Lipinski definition) is 6. The number of nitrogens with zero attached hydrogens (tertiary/aromatic N) is 4. The lowest BCUT2D eigenvalue weighted by Crippen LogP contribution is -2.14. The molecular weight excluding hydrogens is 484 g/mol. The lowest BCUT2D eigenvalue weighted by Gasteiger charge is -2.06. The van der Waals surface area contributed by atoms with Crippen molar-refractivity contribution in [1.29, 1.82) is 0 Å². The van der Waals surface area contributed by atoms with Gasteiger partial charge in [0.25, 0.3) is 0 Å². The minimum absolute atomic E-state index is 0. The van der Waals surface area contributed by atoms with Crippen molar-refractivity contribution in [1.82, 2.24) is 40.5 Å². The molecule has 2 fully saturated rings.